The average Bonchev–Trinajstić information content (AvgIpc) is 2.95. The Balaban J connectivity index is 1.70. The van der Waals surface area contributed by atoms with Crippen LogP contribution in [0.1, 0.15) is 37.8 Å². The standard InChI is InChI=1S/C20H19N3O3/c1-14-10-17(15(2)23(14)12-16-6-4-3-5-7-16)19(24)13-26-20(25)18-11-21-8-9-22-18/h3-11H,12-13H2,1-2H3. The van der Waals surface area contributed by atoms with Crippen molar-refractivity contribution in [3.05, 3.63) is 83.2 Å². The number of ketones is 1. The number of esters is 1. The molecule has 0 bridgehead atoms. The lowest BCUT2D eigenvalue weighted by molar-refractivity contribution is 0.0468. The van der Waals surface area contributed by atoms with Gasteiger partial charge in [0, 0.05) is 35.9 Å². The number of carbonyl (C=O) groups excluding carboxylic acids is 2. The van der Waals surface area contributed by atoms with Crippen molar-refractivity contribution in [1.29, 1.82) is 0 Å². The lowest BCUT2D eigenvalue weighted by Crippen LogP contribution is -2.16. The molecule has 0 aliphatic carbocycles. The summed E-state index contributed by atoms with van der Waals surface area (Å²) < 4.78 is 7.14. The number of rotatable bonds is 6. The highest BCUT2D eigenvalue weighted by Gasteiger charge is 2.18. The average molecular weight is 349 g/mol. The molecule has 0 aliphatic heterocycles. The molecule has 0 fully saturated rings. The van der Waals surface area contributed by atoms with E-state index in [0.29, 0.717) is 12.1 Å². The lowest BCUT2D eigenvalue weighted by atomic mass is 10.1. The Morgan fingerprint density at radius 1 is 1.12 bits per heavy atom. The van der Waals surface area contributed by atoms with Crippen molar-refractivity contribution in [3.63, 3.8) is 0 Å². The van der Waals surface area contributed by atoms with Crippen LogP contribution in [0.2, 0.25) is 0 Å². The minimum Gasteiger partial charge on any atom is -0.453 e. The van der Waals surface area contributed by atoms with Gasteiger partial charge in [-0.3, -0.25) is 9.78 Å². The van der Waals surface area contributed by atoms with Gasteiger partial charge < -0.3 is 9.30 Å². The fraction of sp³-hybridized carbons (Fsp3) is 0.200. The SMILES string of the molecule is Cc1cc(C(=O)COC(=O)c2cnccn2)c(C)n1Cc1ccccc1. The van der Waals surface area contributed by atoms with Crippen molar-refractivity contribution < 1.29 is 14.3 Å². The lowest BCUT2D eigenvalue weighted by Gasteiger charge is -2.10. The van der Waals surface area contributed by atoms with Crippen LogP contribution in [0, 0.1) is 13.8 Å². The minimum absolute atomic E-state index is 0.0786. The third kappa shape index (κ3) is 3.85. The van der Waals surface area contributed by atoms with E-state index in [9.17, 15) is 9.59 Å². The van der Waals surface area contributed by atoms with E-state index >= 15 is 0 Å². The second kappa shape index (κ2) is 7.74. The van der Waals surface area contributed by atoms with E-state index in [-0.39, 0.29) is 18.1 Å². The maximum Gasteiger partial charge on any atom is 0.358 e. The highest BCUT2D eigenvalue weighted by Crippen LogP contribution is 2.18. The van der Waals surface area contributed by atoms with Crippen LogP contribution in [0.4, 0.5) is 0 Å². The molecule has 0 spiro atoms. The highest BCUT2D eigenvalue weighted by molar-refractivity contribution is 6.00. The maximum absolute atomic E-state index is 12.5. The topological polar surface area (TPSA) is 74.1 Å². The molecule has 0 aliphatic rings. The van der Waals surface area contributed by atoms with Crippen LogP contribution in [0.25, 0.3) is 0 Å². The molecular weight excluding hydrogens is 330 g/mol. The largest absolute Gasteiger partial charge is 0.453 e. The summed E-state index contributed by atoms with van der Waals surface area (Å²) in [5.41, 5.74) is 3.63. The van der Waals surface area contributed by atoms with E-state index in [1.165, 1.54) is 18.6 Å². The van der Waals surface area contributed by atoms with Crippen LogP contribution in [-0.2, 0) is 11.3 Å². The van der Waals surface area contributed by atoms with Crippen molar-refractivity contribution in [2.75, 3.05) is 6.61 Å². The Kier molecular flexibility index (Phi) is 5.22. The Morgan fingerprint density at radius 3 is 2.58 bits per heavy atom. The zero-order valence-electron chi connectivity index (χ0n) is 14.7. The van der Waals surface area contributed by atoms with Gasteiger partial charge in [-0.1, -0.05) is 30.3 Å². The van der Waals surface area contributed by atoms with E-state index in [0.717, 1.165) is 17.0 Å². The van der Waals surface area contributed by atoms with Crippen LogP contribution in [-0.4, -0.2) is 32.9 Å². The number of hydrogen-bond donors (Lipinski definition) is 0. The van der Waals surface area contributed by atoms with E-state index in [4.69, 9.17) is 4.74 Å². The fourth-order valence-corrected chi connectivity index (χ4v) is 2.78. The minimum atomic E-state index is -0.662. The summed E-state index contributed by atoms with van der Waals surface area (Å²) in [6.07, 6.45) is 4.16. The third-order valence-electron chi connectivity index (χ3n) is 4.16. The Labute approximate surface area is 151 Å². The molecule has 0 radical (unpaired) electrons. The summed E-state index contributed by atoms with van der Waals surface area (Å²) in [5, 5.41) is 0. The first-order chi connectivity index (χ1) is 12.6. The molecule has 26 heavy (non-hydrogen) atoms. The summed E-state index contributed by atoms with van der Waals surface area (Å²) >= 11 is 0. The van der Waals surface area contributed by atoms with Crippen molar-refractivity contribution in [1.82, 2.24) is 14.5 Å². The number of aryl methyl sites for hydroxylation is 1. The summed E-state index contributed by atoms with van der Waals surface area (Å²) in [4.78, 5) is 32.1. The van der Waals surface area contributed by atoms with E-state index in [2.05, 4.69) is 14.5 Å². The highest BCUT2D eigenvalue weighted by atomic mass is 16.5. The van der Waals surface area contributed by atoms with Crippen LogP contribution < -0.4 is 0 Å². The van der Waals surface area contributed by atoms with Gasteiger partial charge in [0.25, 0.3) is 0 Å². The predicted molar refractivity (Wildman–Crippen MR) is 96.1 cm³/mol. The van der Waals surface area contributed by atoms with Crippen LogP contribution in [0.15, 0.2) is 55.0 Å². The molecule has 0 unspecified atom stereocenters. The van der Waals surface area contributed by atoms with Crippen LogP contribution in [0.5, 0.6) is 0 Å². The van der Waals surface area contributed by atoms with Crippen molar-refractivity contribution in [3.8, 4) is 0 Å². The van der Waals surface area contributed by atoms with Gasteiger partial charge in [-0.25, -0.2) is 9.78 Å². The number of nitrogens with zero attached hydrogens (tertiary/aromatic N) is 3. The summed E-state index contributed by atoms with van der Waals surface area (Å²) in [5.74, 6) is -0.904. The molecule has 0 atom stereocenters. The molecule has 6 heteroatoms. The van der Waals surface area contributed by atoms with Crippen molar-refractivity contribution in [2.24, 2.45) is 0 Å². The van der Waals surface area contributed by atoms with E-state index in [1.54, 1.807) is 0 Å². The Bertz CT molecular complexity index is 918. The zero-order valence-corrected chi connectivity index (χ0v) is 14.7. The molecule has 1 aromatic carbocycles. The predicted octanol–water partition coefficient (Wildman–Crippen LogP) is 2.98. The normalized spacial score (nSPS) is 10.5. The molecular formula is C20H19N3O3. The summed E-state index contributed by atoms with van der Waals surface area (Å²) in [7, 11) is 0. The van der Waals surface area contributed by atoms with Crippen LogP contribution in [0.3, 0.4) is 0 Å². The van der Waals surface area contributed by atoms with E-state index < -0.39 is 5.97 Å². The molecule has 3 rings (SSSR count). The first kappa shape index (κ1) is 17.5. The second-order valence-electron chi connectivity index (χ2n) is 5.95. The summed E-state index contributed by atoms with van der Waals surface area (Å²) in [6, 6.07) is 11.9. The van der Waals surface area contributed by atoms with Gasteiger partial charge in [0.1, 0.15) is 0 Å². The molecule has 0 saturated heterocycles. The zero-order chi connectivity index (χ0) is 18.5. The number of Topliss-reactive ketones (excluding diaryl/α,β-unsaturated/α-hetero) is 1. The quantitative estimate of drug-likeness (QED) is 0.505. The molecule has 0 saturated carbocycles. The number of aromatic nitrogens is 3. The van der Waals surface area contributed by atoms with Crippen molar-refractivity contribution >= 4 is 11.8 Å². The second-order valence-corrected chi connectivity index (χ2v) is 5.95. The molecule has 0 amide bonds. The molecule has 132 valence electrons. The van der Waals surface area contributed by atoms with Crippen molar-refractivity contribution in [2.45, 2.75) is 20.4 Å². The number of carbonyl (C=O) groups is 2. The summed E-state index contributed by atoms with van der Waals surface area (Å²) in [6.45, 7) is 4.21. The van der Waals surface area contributed by atoms with Gasteiger partial charge >= 0.3 is 5.97 Å². The number of hydrogen-bond acceptors (Lipinski definition) is 5. The molecule has 6 nitrogen and oxygen atoms in total. The molecule has 3 aromatic rings. The van der Waals surface area contributed by atoms with E-state index in [1.807, 2.05) is 50.2 Å². The van der Waals surface area contributed by atoms with Gasteiger partial charge in [-0.15, -0.1) is 0 Å². The first-order valence-corrected chi connectivity index (χ1v) is 8.23. The van der Waals surface area contributed by atoms with Gasteiger partial charge in [0.05, 0.1) is 6.20 Å². The molecule has 0 N–H and O–H groups in total. The number of benzene rings is 1. The van der Waals surface area contributed by atoms with Gasteiger partial charge in [-0.05, 0) is 25.5 Å². The van der Waals surface area contributed by atoms with Gasteiger partial charge in [0.2, 0.25) is 5.78 Å². The smallest absolute Gasteiger partial charge is 0.358 e. The Morgan fingerprint density at radius 2 is 1.88 bits per heavy atom. The Hall–Kier alpha value is -3.28. The third-order valence-corrected chi connectivity index (χ3v) is 4.16. The molecule has 2 heterocycles. The fourth-order valence-electron chi connectivity index (χ4n) is 2.78. The first-order valence-electron chi connectivity index (χ1n) is 8.23. The number of ether oxygens (including phenoxy) is 1. The van der Waals surface area contributed by atoms with Gasteiger partial charge in [-0.2, -0.15) is 0 Å². The van der Waals surface area contributed by atoms with Gasteiger partial charge in [0.15, 0.2) is 12.3 Å². The molecule has 2 aromatic heterocycles. The monoisotopic (exact) mass is 349 g/mol. The maximum atomic E-state index is 12.5. The van der Waals surface area contributed by atoms with Crippen LogP contribution >= 0.6 is 0 Å².